The lowest BCUT2D eigenvalue weighted by atomic mass is 9.81. The van der Waals surface area contributed by atoms with Crippen molar-refractivity contribution < 1.29 is 19.7 Å². The number of thioether (sulfide) groups is 1. The molecule has 0 amide bonds. The highest BCUT2D eigenvalue weighted by Gasteiger charge is 2.34. The normalized spacial score (nSPS) is 20.6. The highest BCUT2D eigenvalue weighted by molar-refractivity contribution is 8.00. The van der Waals surface area contributed by atoms with Gasteiger partial charge in [0.1, 0.15) is 5.75 Å². The van der Waals surface area contributed by atoms with Gasteiger partial charge in [-0.05, 0) is 80.3 Å². The van der Waals surface area contributed by atoms with Gasteiger partial charge in [0.05, 0.1) is 24.6 Å². The maximum Gasteiger partial charge on any atom is 0.308 e. The summed E-state index contributed by atoms with van der Waals surface area (Å²) in [5, 5.41) is 21.7. The largest absolute Gasteiger partial charge is 0.497 e. The van der Waals surface area contributed by atoms with Gasteiger partial charge < -0.3 is 19.8 Å². The van der Waals surface area contributed by atoms with Gasteiger partial charge in [0, 0.05) is 22.9 Å². The summed E-state index contributed by atoms with van der Waals surface area (Å²) in [6.45, 7) is 9.16. The number of methoxy groups -OCH3 is 1. The van der Waals surface area contributed by atoms with Crippen molar-refractivity contribution in [3.8, 4) is 5.75 Å². The van der Waals surface area contributed by atoms with Crippen molar-refractivity contribution in [3.63, 3.8) is 0 Å². The van der Waals surface area contributed by atoms with Crippen molar-refractivity contribution in [1.82, 2.24) is 9.88 Å². The van der Waals surface area contributed by atoms with Crippen molar-refractivity contribution in [1.29, 1.82) is 0 Å². The monoisotopic (exact) mass is 474 g/mol. The molecule has 0 saturated carbocycles. The summed E-state index contributed by atoms with van der Waals surface area (Å²) in [4.78, 5) is 18.7. The Morgan fingerprint density at radius 1 is 1.33 bits per heavy atom. The Balaban J connectivity index is 1.57. The summed E-state index contributed by atoms with van der Waals surface area (Å²) in [7, 11) is 1.62. The van der Waals surface area contributed by atoms with Gasteiger partial charge in [-0.3, -0.25) is 9.78 Å². The number of piperidine rings is 1. The average molecular weight is 475 g/mol. The Morgan fingerprint density at radius 3 is 2.82 bits per heavy atom. The Morgan fingerprint density at radius 2 is 2.12 bits per heavy atom. The quantitative estimate of drug-likeness (QED) is 0.469. The zero-order valence-electron chi connectivity index (χ0n) is 20.3. The second kappa shape index (κ2) is 11.5. The minimum atomic E-state index is -0.720. The van der Waals surface area contributed by atoms with Crippen LogP contribution in [0.1, 0.15) is 58.1 Å². The number of aliphatic hydroxyl groups is 1. The number of aliphatic hydroxyl groups excluding tert-OH is 1. The Bertz CT molecular complexity index is 930. The molecule has 2 aromatic rings. The Kier molecular flexibility index (Phi) is 9.02. The van der Waals surface area contributed by atoms with Crippen LogP contribution in [0.25, 0.3) is 10.9 Å². The van der Waals surface area contributed by atoms with Gasteiger partial charge in [-0.15, -0.1) is 0 Å². The van der Waals surface area contributed by atoms with Crippen LogP contribution < -0.4 is 4.74 Å². The molecule has 0 spiro atoms. The van der Waals surface area contributed by atoms with Crippen LogP contribution in [0.3, 0.4) is 0 Å². The van der Waals surface area contributed by atoms with Crippen LogP contribution in [0.2, 0.25) is 0 Å². The van der Waals surface area contributed by atoms with Crippen molar-refractivity contribution in [2.45, 2.75) is 57.3 Å². The second-order valence-electron chi connectivity index (χ2n) is 9.98. The third kappa shape index (κ3) is 7.33. The van der Waals surface area contributed by atoms with E-state index in [4.69, 9.17) is 4.74 Å². The molecule has 1 saturated heterocycles. The van der Waals surface area contributed by atoms with Gasteiger partial charge in [-0.25, -0.2) is 0 Å². The molecule has 0 unspecified atom stereocenters. The summed E-state index contributed by atoms with van der Waals surface area (Å²) in [6.07, 6.45) is 4.22. The number of carboxylic acid groups (broad SMARTS) is 1. The van der Waals surface area contributed by atoms with E-state index < -0.39 is 12.1 Å². The number of aromatic nitrogens is 1. The first-order valence-corrected chi connectivity index (χ1v) is 12.9. The molecule has 1 aliphatic heterocycles. The Labute approximate surface area is 201 Å². The van der Waals surface area contributed by atoms with Gasteiger partial charge in [-0.1, -0.05) is 20.8 Å². The summed E-state index contributed by atoms with van der Waals surface area (Å²) in [5.41, 5.74) is 1.63. The molecule has 1 aliphatic rings. The summed E-state index contributed by atoms with van der Waals surface area (Å²) in [5.74, 6) is 0.805. The van der Waals surface area contributed by atoms with E-state index in [2.05, 4.69) is 30.7 Å². The molecule has 6 nitrogen and oxygen atoms in total. The number of rotatable bonds is 10. The lowest BCUT2D eigenvalue weighted by Gasteiger charge is -2.37. The molecule has 0 bridgehead atoms. The van der Waals surface area contributed by atoms with Gasteiger partial charge in [-0.2, -0.15) is 11.8 Å². The Hall–Kier alpha value is -1.83. The molecule has 3 rings (SSSR count). The number of nitrogens with zero attached hydrogens (tertiary/aromatic N) is 2. The summed E-state index contributed by atoms with van der Waals surface area (Å²) >= 11 is 1.96. The van der Waals surface area contributed by atoms with Gasteiger partial charge in [0.25, 0.3) is 0 Å². The molecule has 0 aliphatic carbocycles. The first-order chi connectivity index (χ1) is 15.7. The fourth-order valence-corrected chi connectivity index (χ4v) is 5.54. The van der Waals surface area contributed by atoms with Crippen molar-refractivity contribution in [2.75, 3.05) is 32.5 Å². The minimum Gasteiger partial charge on any atom is -0.497 e. The number of carboxylic acids is 1. The van der Waals surface area contributed by atoms with Crippen molar-refractivity contribution >= 4 is 28.6 Å². The van der Waals surface area contributed by atoms with E-state index in [1.165, 1.54) is 0 Å². The molecule has 0 radical (unpaired) electrons. The van der Waals surface area contributed by atoms with E-state index in [0.29, 0.717) is 19.4 Å². The predicted octanol–water partition coefficient (Wildman–Crippen LogP) is 5.00. The molecule has 1 aromatic heterocycles. The highest BCUT2D eigenvalue weighted by atomic mass is 32.2. The van der Waals surface area contributed by atoms with Crippen LogP contribution in [-0.4, -0.2) is 63.3 Å². The van der Waals surface area contributed by atoms with E-state index in [9.17, 15) is 15.0 Å². The number of likely N-dealkylation sites (tertiary alicyclic amines) is 1. The lowest BCUT2D eigenvalue weighted by molar-refractivity contribution is -0.146. The lowest BCUT2D eigenvalue weighted by Crippen LogP contribution is -2.44. The van der Waals surface area contributed by atoms with E-state index in [1.54, 1.807) is 13.3 Å². The molecule has 1 aromatic carbocycles. The number of benzene rings is 1. The zero-order chi connectivity index (χ0) is 24.0. The fourth-order valence-electron chi connectivity index (χ4n) is 4.65. The number of ether oxygens (including phenoxy) is 1. The van der Waals surface area contributed by atoms with Crippen LogP contribution in [-0.2, 0) is 4.79 Å². The number of fused-ring (bicyclic) bond motifs is 1. The third-order valence-corrected chi connectivity index (χ3v) is 7.82. The second-order valence-corrected chi connectivity index (χ2v) is 11.9. The van der Waals surface area contributed by atoms with E-state index in [1.807, 2.05) is 36.0 Å². The molecule has 7 heteroatoms. The third-order valence-electron chi connectivity index (χ3n) is 6.46. The SMILES string of the molecule is COc1ccc2nccc([C@@H](O)CC[C@@H]3CCN(CCCSC(C)(C)C)C[C@@H]3C(=O)O)c2c1. The molecular weight excluding hydrogens is 436 g/mol. The minimum absolute atomic E-state index is 0.0833. The van der Waals surface area contributed by atoms with Crippen LogP contribution in [0.4, 0.5) is 0 Å². The van der Waals surface area contributed by atoms with Gasteiger partial charge in [0.2, 0.25) is 0 Å². The van der Waals surface area contributed by atoms with Gasteiger partial charge in [0.15, 0.2) is 0 Å². The van der Waals surface area contributed by atoms with Crippen molar-refractivity contribution in [3.05, 3.63) is 36.0 Å². The standard InChI is InChI=1S/C26H38N2O4S/c1-26(2,3)33-15-5-13-28-14-11-18(22(17-28)25(30)31)6-9-24(29)20-10-12-27-23-8-7-19(32-4)16-21(20)23/h7-8,10,12,16,18,22,24,29H,5-6,9,11,13-15,17H2,1-4H3,(H,30,31)/t18-,22+,24+/m1/s1. The van der Waals surface area contributed by atoms with Crippen molar-refractivity contribution in [2.24, 2.45) is 11.8 Å². The topological polar surface area (TPSA) is 82.9 Å². The molecule has 1 fully saturated rings. The predicted molar refractivity (Wildman–Crippen MR) is 135 cm³/mol. The number of aliphatic carboxylic acids is 1. The maximum atomic E-state index is 12.0. The molecule has 3 atom stereocenters. The number of hydrogen-bond donors (Lipinski definition) is 2. The smallest absolute Gasteiger partial charge is 0.308 e. The van der Waals surface area contributed by atoms with E-state index in [0.717, 1.165) is 53.9 Å². The highest BCUT2D eigenvalue weighted by Crippen LogP contribution is 2.34. The van der Waals surface area contributed by atoms with Crippen LogP contribution in [0.5, 0.6) is 5.75 Å². The first-order valence-electron chi connectivity index (χ1n) is 11.9. The van der Waals surface area contributed by atoms with E-state index in [-0.39, 0.29) is 16.6 Å². The number of carbonyl (C=O) groups is 1. The van der Waals surface area contributed by atoms with Crippen LogP contribution in [0, 0.1) is 11.8 Å². The van der Waals surface area contributed by atoms with Gasteiger partial charge >= 0.3 is 5.97 Å². The molecule has 2 heterocycles. The zero-order valence-corrected chi connectivity index (χ0v) is 21.1. The van der Waals surface area contributed by atoms with Crippen LogP contribution in [0.15, 0.2) is 30.5 Å². The number of pyridine rings is 1. The maximum absolute atomic E-state index is 12.0. The molecule has 33 heavy (non-hydrogen) atoms. The molecule has 182 valence electrons. The first kappa shape index (κ1) is 25.8. The summed E-state index contributed by atoms with van der Waals surface area (Å²) < 4.78 is 5.60. The van der Waals surface area contributed by atoms with Crippen LogP contribution >= 0.6 is 11.8 Å². The fraction of sp³-hybridized carbons (Fsp3) is 0.615. The summed E-state index contributed by atoms with van der Waals surface area (Å²) in [6, 6.07) is 7.50. The van der Waals surface area contributed by atoms with E-state index >= 15 is 0 Å². The number of hydrogen-bond acceptors (Lipinski definition) is 6. The average Bonchev–Trinajstić information content (AvgIpc) is 2.79. The molecule has 2 N–H and O–H groups in total. The molecular formula is C26H38N2O4S.